The molecule has 0 unspecified atom stereocenters. The second-order valence-corrected chi connectivity index (χ2v) is 24.1. The summed E-state index contributed by atoms with van der Waals surface area (Å²) < 4.78 is 4.95. The molecule has 0 saturated heterocycles. The van der Waals surface area contributed by atoms with Crippen molar-refractivity contribution in [2.45, 2.75) is 5.41 Å². The van der Waals surface area contributed by atoms with E-state index in [1.807, 2.05) is 0 Å². The van der Waals surface area contributed by atoms with Gasteiger partial charge in [-0.05, 0) is 114 Å². The summed E-state index contributed by atoms with van der Waals surface area (Å²) in [5.41, 5.74) is 16.7. The monoisotopic (exact) mass is 982 g/mol. The molecular weight excluding hydrogens is 933 g/mol. The highest BCUT2D eigenvalue weighted by Gasteiger charge is 2.47. The van der Waals surface area contributed by atoms with Gasteiger partial charge in [-0.2, -0.15) is 0 Å². The molecule has 0 saturated carbocycles. The number of hydrogen-bond acceptors (Lipinski definition) is 0. The van der Waals surface area contributed by atoms with E-state index in [0.29, 0.717) is 0 Å². The number of para-hydroxylation sites is 2. The second kappa shape index (κ2) is 17.6. The maximum absolute atomic E-state index is 2.69. The first-order valence-corrected chi connectivity index (χ1v) is 28.4. The van der Waals surface area contributed by atoms with E-state index in [1.165, 1.54) is 109 Å². The molecule has 0 radical (unpaired) electrons. The highest BCUT2D eigenvalue weighted by atomic mass is 28.3. The van der Waals surface area contributed by atoms with Crippen molar-refractivity contribution in [3.63, 3.8) is 0 Å². The van der Waals surface area contributed by atoms with Crippen LogP contribution in [0.25, 0.3) is 77.2 Å². The minimum Gasteiger partial charge on any atom is -0.309 e. The number of benzene rings is 12. The molecule has 3 heteroatoms. The van der Waals surface area contributed by atoms with Gasteiger partial charge in [0.15, 0.2) is 8.07 Å². The van der Waals surface area contributed by atoms with E-state index in [4.69, 9.17) is 0 Å². The van der Waals surface area contributed by atoms with Gasteiger partial charge < -0.3 is 9.13 Å². The summed E-state index contributed by atoms with van der Waals surface area (Å²) in [5, 5.41) is 10.4. The van der Waals surface area contributed by atoms with Crippen LogP contribution in [-0.4, -0.2) is 17.2 Å². The summed E-state index contributed by atoms with van der Waals surface area (Å²) >= 11 is 0. The zero-order valence-corrected chi connectivity index (χ0v) is 42.8. The van der Waals surface area contributed by atoms with Crippen LogP contribution < -0.4 is 20.7 Å². The Morgan fingerprint density at radius 1 is 0.263 bits per heavy atom. The molecule has 1 aliphatic rings. The molecule has 76 heavy (non-hydrogen) atoms. The predicted octanol–water partition coefficient (Wildman–Crippen LogP) is 15.3. The third-order valence-electron chi connectivity index (χ3n) is 16.6. The first kappa shape index (κ1) is 44.0. The van der Waals surface area contributed by atoms with Crippen LogP contribution in [0.2, 0.25) is 0 Å². The van der Waals surface area contributed by atoms with Crippen molar-refractivity contribution in [3.05, 3.63) is 326 Å². The summed E-state index contributed by atoms with van der Waals surface area (Å²) in [6.45, 7) is 0. The van der Waals surface area contributed by atoms with Gasteiger partial charge in [-0.25, -0.2) is 0 Å². The lowest BCUT2D eigenvalue weighted by atomic mass is 9.67. The van der Waals surface area contributed by atoms with E-state index in [1.54, 1.807) is 0 Å². The lowest BCUT2D eigenvalue weighted by Crippen LogP contribution is -2.74. The predicted molar refractivity (Wildman–Crippen MR) is 321 cm³/mol. The average molecular weight is 983 g/mol. The molecule has 0 amide bonds. The molecule has 15 rings (SSSR count). The Bertz CT molecular complexity index is 4350. The average Bonchev–Trinajstić information content (AvgIpc) is 4.29. The Morgan fingerprint density at radius 2 is 0.684 bits per heavy atom. The van der Waals surface area contributed by atoms with Crippen molar-refractivity contribution in [1.29, 1.82) is 0 Å². The smallest absolute Gasteiger partial charge is 0.179 e. The largest absolute Gasteiger partial charge is 0.309 e. The van der Waals surface area contributed by atoms with Gasteiger partial charge in [-0.3, -0.25) is 0 Å². The Kier molecular flexibility index (Phi) is 10.2. The van der Waals surface area contributed by atoms with Gasteiger partial charge in [0.05, 0.1) is 27.5 Å². The number of fused-ring (bicyclic) bond motifs is 9. The maximum atomic E-state index is 2.49. The Hall–Kier alpha value is -9.54. The molecule has 0 N–H and O–H groups in total. The molecule has 0 spiro atoms. The fourth-order valence-corrected chi connectivity index (χ4v) is 18.3. The van der Waals surface area contributed by atoms with E-state index in [-0.39, 0.29) is 0 Å². The molecule has 1 aliphatic carbocycles. The molecule has 0 atom stereocenters. The minimum absolute atomic E-state index is 0.484. The zero-order chi connectivity index (χ0) is 50.2. The van der Waals surface area contributed by atoms with Crippen molar-refractivity contribution >= 4 is 72.4 Å². The number of rotatable bonds is 9. The number of hydrogen-bond donors (Lipinski definition) is 0. The van der Waals surface area contributed by atoms with E-state index in [0.717, 1.165) is 11.4 Å². The summed E-state index contributed by atoms with van der Waals surface area (Å²) in [4.78, 5) is 0. The Balaban J connectivity index is 0.906. The first-order valence-electron chi connectivity index (χ1n) is 26.4. The quantitative estimate of drug-likeness (QED) is 0.101. The van der Waals surface area contributed by atoms with E-state index in [9.17, 15) is 0 Å². The van der Waals surface area contributed by atoms with Gasteiger partial charge in [0, 0.05) is 32.9 Å². The van der Waals surface area contributed by atoms with E-state index in [2.05, 4.69) is 312 Å². The Labute approximate surface area is 443 Å². The van der Waals surface area contributed by atoms with Crippen LogP contribution >= 0.6 is 0 Å². The molecule has 2 heterocycles. The highest BCUT2D eigenvalue weighted by Crippen LogP contribution is 2.59. The van der Waals surface area contributed by atoms with Gasteiger partial charge in [0.1, 0.15) is 0 Å². The van der Waals surface area contributed by atoms with E-state index < -0.39 is 13.5 Å². The maximum Gasteiger partial charge on any atom is 0.179 e. The summed E-state index contributed by atoms with van der Waals surface area (Å²) in [6.07, 6.45) is 0. The van der Waals surface area contributed by atoms with Crippen molar-refractivity contribution in [3.8, 4) is 33.6 Å². The highest BCUT2D eigenvalue weighted by molar-refractivity contribution is 7.19. The summed E-state index contributed by atoms with van der Waals surface area (Å²) in [7, 11) is -2.69. The third kappa shape index (κ3) is 6.33. The van der Waals surface area contributed by atoms with Gasteiger partial charge in [0.2, 0.25) is 0 Å². The molecule has 0 aliphatic heterocycles. The third-order valence-corrected chi connectivity index (χ3v) is 21.4. The first-order chi connectivity index (χ1) is 37.7. The van der Waals surface area contributed by atoms with Crippen LogP contribution in [0, 0.1) is 0 Å². The molecule has 2 nitrogen and oxygen atoms in total. The molecule has 14 aromatic rings. The van der Waals surface area contributed by atoms with Crippen LogP contribution in [0.1, 0.15) is 22.3 Å². The number of aromatic nitrogens is 2. The molecule has 0 bridgehead atoms. The van der Waals surface area contributed by atoms with Crippen molar-refractivity contribution < 1.29 is 0 Å². The molecule has 0 fully saturated rings. The Morgan fingerprint density at radius 3 is 1.32 bits per heavy atom. The topological polar surface area (TPSA) is 9.86 Å². The van der Waals surface area contributed by atoms with Crippen LogP contribution in [0.5, 0.6) is 0 Å². The SMILES string of the molecule is c1ccc(C2(c3ccccc3)c3ccccc3-c3c(-c4cccc5c4c4ccccc4n5-c4ccc5c(c4)c4ccccc4n5-c4ccc([Si](c5ccccc5)(c5ccccc5)c5ccccc5)cc4)cccc32)cc1. The lowest BCUT2D eigenvalue weighted by Gasteiger charge is -2.34. The van der Waals surface area contributed by atoms with Gasteiger partial charge in [0.25, 0.3) is 0 Å². The summed E-state index contributed by atoms with van der Waals surface area (Å²) in [6, 6.07) is 113. The molecule has 12 aromatic carbocycles. The zero-order valence-electron chi connectivity index (χ0n) is 41.8. The van der Waals surface area contributed by atoms with Crippen molar-refractivity contribution in [2.24, 2.45) is 0 Å². The fourth-order valence-electron chi connectivity index (χ4n) is 13.5. The number of nitrogens with zero attached hydrogens (tertiary/aromatic N) is 2. The van der Waals surface area contributed by atoms with Gasteiger partial charge in [-0.1, -0.05) is 255 Å². The summed E-state index contributed by atoms with van der Waals surface area (Å²) in [5.74, 6) is 0. The lowest BCUT2D eigenvalue weighted by molar-refractivity contribution is 0.768. The normalized spacial score (nSPS) is 12.8. The molecule has 2 aromatic heterocycles. The van der Waals surface area contributed by atoms with Crippen molar-refractivity contribution in [1.82, 2.24) is 9.13 Å². The van der Waals surface area contributed by atoms with Crippen LogP contribution in [-0.2, 0) is 5.41 Å². The van der Waals surface area contributed by atoms with Gasteiger partial charge in [-0.15, -0.1) is 0 Å². The second-order valence-electron chi connectivity index (χ2n) is 20.3. The van der Waals surface area contributed by atoms with Crippen LogP contribution in [0.3, 0.4) is 0 Å². The van der Waals surface area contributed by atoms with Crippen LogP contribution in [0.15, 0.2) is 303 Å². The molecular formula is C73H50N2Si. The van der Waals surface area contributed by atoms with Crippen molar-refractivity contribution in [2.75, 3.05) is 0 Å². The van der Waals surface area contributed by atoms with Crippen LogP contribution in [0.4, 0.5) is 0 Å². The molecule has 356 valence electrons. The van der Waals surface area contributed by atoms with E-state index >= 15 is 0 Å². The minimum atomic E-state index is -2.69. The standard InChI is InChI=1S/C73H50N2Si/c1-6-24-51(25-7-1)73(52-26-8-2-9-27-52)65-39-19-16-35-62(65)71-60(37-22-40-66(71)73)61-38-23-43-70-72(61)63-36-18-21-42-68(63)75(70)54-46-49-69-64(50-54)59-34-17-20-41-67(59)74(69)53-44-47-58(48-45-53)76(55-28-10-3-11-29-55,56-30-12-4-13-31-56)57-32-14-5-15-33-57/h1-50H. The fraction of sp³-hybridized carbons (Fsp3) is 0.0137. The van der Waals surface area contributed by atoms with Gasteiger partial charge >= 0.3 is 0 Å².